The summed E-state index contributed by atoms with van der Waals surface area (Å²) in [5.41, 5.74) is 1.40. The number of aromatic nitrogens is 3. The molecule has 0 spiro atoms. The van der Waals surface area contributed by atoms with Crippen LogP contribution in [0.5, 0.6) is 17.2 Å². The predicted molar refractivity (Wildman–Crippen MR) is 144 cm³/mol. The van der Waals surface area contributed by atoms with E-state index in [-0.39, 0.29) is 24.1 Å². The number of rotatable bonds is 11. The Morgan fingerprint density at radius 1 is 0.923 bits per heavy atom. The lowest BCUT2D eigenvalue weighted by Gasteiger charge is -2.15. The van der Waals surface area contributed by atoms with Gasteiger partial charge in [0.1, 0.15) is 23.1 Å². The molecular weight excluding hydrogens is 525 g/mol. The number of anilines is 1. The van der Waals surface area contributed by atoms with E-state index in [0.29, 0.717) is 45.2 Å². The van der Waals surface area contributed by atoms with Crippen LogP contribution in [0.3, 0.4) is 0 Å². The van der Waals surface area contributed by atoms with E-state index in [1.54, 1.807) is 54.1 Å². The maximum atomic E-state index is 13.2. The van der Waals surface area contributed by atoms with Crippen LogP contribution in [0.2, 0.25) is 0 Å². The molecule has 0 saturated heterocycles. The number of amides is 2. The molecule has 0 fully saturated rings. The molecule has 39 heavy (non-hydrogen) atoms. The zero-order chi connectivity index (χ0) is 27.8. The van der Waals surface area contributed by atoms with Gasteiger partial charge < -0.3 is 24.8 Å². The number of benzene rings is 3. The van der Waals surface area contributed by atoms with Crippen LogP contribution in [0.4, 0.5) is 10.1 Å². The van der Waals surface area contributed by atoms with Crippen LogP contribution in [0.15, 0.2) is 71.9 Å². The summed E-state index contributed by atoms with van der Waals surface area (Å²) in [5.74, 6) is 0.833. The molecule has 3 aromatic carbocycles. The van der Waals surface area contributed by atoms with Crippen molar-refractivity contribution >= 4 is 29.3 Å². The lowest BCUT2D eigenvalue weighted by atomic mass is 10.2. The largest absolute Gasteiger partial charge is 0.497 e. The number of ether oxygens (including phenoxy) is 3. The van der Waals surface area contributed by atoms with Gasteiger partial charge in [-0.25, -0.2) is 4.39 Å². The summed E-state index contributed by atoms with van der Waals surface area (Å²) in [5, 5.41) is 14.5. The topological polar surface area (TPSA) is 117 Å². The van der Waals surface area contributed by atoms with E-state index < -0.39 is 5.82 Å². The zero-order valence-electron chi connectivity index (χ0n) is 21.4. The third-order valence-electron chi connectivity index (χ3n) is 5.55. The molecule has 0 aliphatic rings. The number of methoxy groups -OCH3 is 3. The Balaban J connectivity index is 1.60. The van der Waals surface area contributed by atoms with E-state index in [9.17, 15) is 14.0 Å². The molecule has 1 aromatic heterocycles. The fourth-order valence-electron chi connectivity index (χ4n) is 3.67. The van der Waals surface area contributed by atoms with Crippen LogP contribution in [-0.2, 0) is 11.3 Å². The second-order valence-electron chi connectivity index (χ2n) is 8.00. The minimum Gasteiger partial charge on any atom is -0.497 e. The minimum atomic E-state index is -0.395. The van der Waals surface area contributed by atoms with Crippen molar-refractivity contribution in [3.05, 3.63) is 83.9 Å². The number of hydrogen-bond donors (Lipinski definition) is 2. The maximum Gasteiger partial charge on any atom is 0.255 e. The summed E-state index contributed by atoms with van der Waals surface area (Å²) in [6, 6.07) is 17.6. The molecule has 0 unspecified atom stereocenters. The van der Waals surface area contributed by atoms with Crippen LogP contribution in [0.1, 0.15) is 16.2 Å². The molecule has 0 saturated carbocycles. The number of halogens is 1. The molecule has 2 amide bonds. The minimum absolute atomic E-state index is 0.00460. The molecule has 4 aromatic rings. The molecule has 1 heterocycles. The Kier molecular flexibility index (Phi) is 9.00. The molecule has 0 atom stereocenters. The standard InChI is InChI=1S/C27H26FN5O5S/c1-36-19-12-13-23(38-3)21(14-19)33-24(15-29-26(35)20-6-4-5-7-22(20)37-2)31-32-27(33)39-16-25(34)30-18-10-8-17(28)9-11-18/h4-14H,15-16H2,1-3H3,(H,29,35)(H,30,34). The first-order valence-corrected chi connectivity index (χ1v) is 12.7. The van der Waals surface area contributed by atoms with Gasteiger partial charge in [-0.15, -0.1) is 10.2 Å². The summed E-state index contributed by atoms with van der Waals surface area (Å²) in [4.78, 5) is 25.5. The highest BCUT2D eigenvalue weighted by Gasteiger charge is 2.21. The van der Waals surface area contributed by atoms with Crippen LogP contribution in [-0.4, -0.2) is 53.7 Å². The Bertz CT molecular complexity index is 1460. The van der Waals surface area contributed by atoms with Gasteiger partial charge in [-0.3, -0.25) is 14.2 Å². The summed E-state index contributed by atoms with van der Waals surface area (Å²) in [6.45, 7) is 0.0204. The van der Waals surface area contributed by atoms with E-state index in [0.717, 1.165) is 11.8 Å². The normalized spacial score (nSPS) is 10.6. The van der Waals surface area contributed by atoms with Gasteiger partial charge in [0.25, 0.3) is 5.91 Å². The van der Waals surface area contributed by atoms with Crippen molar-refractivity contribution in [3.8, 4) is 22.9 Å². The first kappa shape index (κ1) is 27.5. The molecule has 0 aliphatic carbocycles. The molecule has 0 aliphatic heterocycles. The fourth-order valence-corrected chi connectivity index (χ4v) is 4.43. The van der Waals surface area contributed by atoms with Gasteiger partial charge in [0, 0.05) is 11.8 Å². The number of nitrogens with one attached hydrogen (secondary N) is 2. The Morgan fingerprint density at radius 3 is 2.38 bits per heavy atom. The van der Waals surface area contributed by atoms with Gasteiger partial charge in [0.15, 0.2) is 11.0 Å². The van der Waals surface area contributed by atoms with Crippen molar-refractivity contribution in [2.24, 2.45) is 0 Å². The Labute approximate surface area is 228 Å². The molecule has 10 nitrogen and oxygen atoms in total. The molecule has 202 valence electrons. The molecule has 4 rings (SSSR count). The van der Waals surface area contributed by atoms with Crippen LogP contribution in [0, 0.1) is 5.82 Å². The second-order valence-corrected chi connectivity index (χ2v) is 8.94. The van der Waals surface area contributed by atoms with Gasteiger partial charge in [-0.05, 0) is 48.5 Å². The molecular formula is C27H26FN5O5S. The first-order chi connectivity index (χ1) is 18.9. The highest BCUT2D eigenvalue weighted by Crippen LogP contribution is 2.32. The van der Waals surface area contributed by atoms with Gasteiger partial charge in [-0.1, -0.05) is 23.9 Å². The SMILES string of the molecule is COc1ccc(OC)c(-n2c(CNC(=O)c3ccccc3OC)nnc2SCC(=O)Nc2ccc(F)cc2)c1. The average molecular weight is 552 g/mol. The summed E-state index contributed by atoms with van der Waals surface area (Å²) < 4.78 is 31.1. The molecule has 0 bridgehead atoms. The third kappa shape index (κ3) is 6.65. The fraction of sp³-hybridized carbons (Fsp3) is 0.185. The quantitative estimate of drug-likeness (QED) is 0.268. The van der Waals surface area contributed by atoms with Gasteiger partial charge in [0.2, 0.25) is 5.91 Å². The predicted octanol–water partition coefficient (Wildman–Crippen LogP) is 4.09. The van der Waals surface area contributed by atoms with Gasteiger partial charge >= 0.3 is 0 Å². The van der Waals surface area contributed by atoms with Crippen molar-refractivity contribution in [2.45, 2.75) is 11.7 Å². The maximum absolute atomic E-state index is 13.2. The van der Waals surface area contributed by atoms with Crippen molar-refractivity contribution in [1.82, 2.24) is 20.1 Å². The van der Waals surface area contributed by atoms with Gasteiger partial charge in [-0.2, -0.15) is 0 Å². The van der Waals surface area contributed by atoms with Gasteiger partial charge in [0.05, 0.1) is 44.9 Å². The van der Waals surface area contributed by atoms with E-state index in [1.807, 2.05) is 0 Å². The summed E-state index contributed by atoms with van der Waals surface area (Å²) in [6.07, 6.45) is 0. The first-order valence-electron chi connectivity index (χ1n) is 11.7. The lowest BCUT2D eigenvalue weighted by molar-refractivity contribution is -0.113. The number of thioether (sulfide) groups is 1. The van der Waals surface area contributed by atoms with Crippen molar-refractivity contribution < 1.29 is 28.2 Å². The van der Waals surface area contributed by atoms with Crippen molar-refractivity contribution in [1.29, 1.82) is 0 Å². The average Bonchev–Trinajstić information content (AvgIpc) is 3.38. The monoisotopic (exact) mass is 551 g/mol. The van der Waals surface area contributed by atoms with Crippen molar-refractivity contribution in [2.75, 3.05) is 32.4 Å². The zero-order valence-corrected chi connectivity index (χ0v) is 22.3. The third-order valence-corrected chi connectivity index (χ3v) is 6.48. The van der Waals surface area contributed by atoms with E-state index in [4.69, 9.17) is 14.2 Å². The summed E-state index contributed by atoms with van der Waals surface area (Å²) in [7, 11) is 4.57. The number of carbonyl (C=O) groups is 2. The van der Waals surface area contributed by atoms with E-state index in [1.165, 1.54) is 38.5 Å². The van der Waals surface area contributed by atoms with Crippen molar-refractivity contribution in [3.63, 3.8) is 0 Å². The number of para-hydroxylation sites is 1. The van der Waals surface area contributed by atoms with Crippen LogP contribution in [0.25, 0.3) is 5.69 Å². The van der Waals surface area contributed by atoms with E-state index in [2.05, 4.69) is 20.8 Å². The number of hydrogen-bond acceptors (Lipinski definition) is 8. The number of nitrogens with zero attached hydrogens (tertiary/aromatic N) is 3. The Morgan fingerprint density at radius 2 is 1.67 bits per heavy atom. The molecule has 12 heteroatoms. The van der Waals surface area contributed by atoms with Crippen LogP contribution >= 0.6 is 11.8 Å². The smallest absolute Gasteiger partial charge is 0.255 e. The van der Waals surface area contributed by atoms with Crippen LogP contribution < -0.4 is 24.8 Å². The highest BCUT2D eigenvalue weighted by atomic mass is 32.2. The highest BCUT2D eigenvalue weighted by molar-refractivity contribution is 7.99. The number of carbonyl (C=O) groups excluding carboxylic acids is 2. The summed E-state index contributed by atoms with van der Waals surface area (Å²) >= 11 is 1.14. The Hall–Kier alpha value is -4.58. The molecule has 0 radical (unpaired) electrons. The molecule has 2 N–H and O–H groups in total. The second kappa shape index (κ2) is 12.8. The van der Waals surface area contributed by atoms with E-state index >= 15 is 0 Å². The lowest BCUT2D eigenvalue weighted by Crippen LogP contribution is -2.25.